The molecule has 0 N–H and O–H groups in total. The Morgan fingerprint density at radius 3 is 2.60 bits per heavy atom. The van der Waals surface area contributed by atoms with Crippen molar-refractivity contribution in [3.63, 3.8) is 0 Å². The molecule has 1 fully saturated rings. The van der Waals surface area contributed by atoms with E-state index in [4.69, 9.17) is 4.74 Å². The SMILES string of the molecule is COc1ccc(Cn2c(C(=O)N3CCCCC3)cc3ccsc32)cc1. The molecule has 25 heavy (non-hydrogen) atoms. The van der Waals surface area contributed by atoms with Gasteiger partial charge in [-0.3, -0.25) is 4.79 Å². The fraction of sp³-hybridized carbons (Fsp3) is 0.350. The van der Waals surface area contributed by atoms with E-state index in [1.54, 1.807) is 18.4 Å². The highest BCUT2D eigenvalue weighted by Gasteiger charge is 2.23. The van der Waals surface area contributed by atoms with E-state index >= 15 is 0 Å². The predicted molar refractivity (Wildman–Crippen MR) is 102 cm³/mol. The third-order valence-corrected chi connectivity index (χ3v) is 5.82. The van der Waals surface area contributed by atoms with E-state index in [9.17, 15) is 4.79 Å². The van der Waals surface area contributed by atoms with Gasteiger partial charge in [-0.2, -0.15) is 0 Å². The zero-order chi connectivity index (χ0) is 17.2. The van der Waals surface area contributed by atoms with Crippen LogP contribution in [0.2, 0.25) is 0 Å². The number of likely N-dealkylation sites (tertiary alicyclic amines) is 1. The number of carbonyl (C=O) groups excluding carboxylic acids is 1. The van der Waals surface area contributed by atoms with Crippen LogP contribution in [-0.4, -0.2) is 35.6 Å². The number of piperidine rings is 1. The van der Waals surface area contributed by atoms with Crippen LogP contribution in [0, 0.1) is 0 Å². The Labute approximate surface area is 151 Å². The fourth-order valence-corrected chi connectivity index (χ4v) is 4.38. The van der Waals surface area contributed by atoms with Crippen LogP contribution < -0.4 is 4.74 Å². The summed E-state index contributed by atoms with van der Waals surface area (Å²) in [7, 11) is 1.67. The largest absolute Gasteiger partial charge is 0.497 e. The monoisotopic (exact) mass is 354 g/mol. The third-order valence-electron chi connectivity index (χ3n) is 4.86. The zero-order valence-corrected chi connectivity index (χ0v) is 15.2. The van der Waals surface area contributed by atoms with Crippen LogP contribution in [0.4, 0.5) is 0 Å². The number of carbonyl (C=O) groups is 1. The number of thiophene rings is 1. The van der Waals surface area contributed by atoms with Crippen LogP contribution in [-0.2, 0) is 6.54 Å². The Morgan fingerprint density at radius 2 is 1.88 bits per heavy atom. The van der Waals surface area contributed by atoms with Gasteiger partial charge in [-0.25, -0.2) is 0 Å². The van der Waals surface area contributed by atoms with Crippen LogP contribution in [0.25, 0.3) is 10.2 Å². The van der Waals surface area contributed by atoms with E-state index in [-0.39, 0.29) is 5.91 Å². The quantitative estimate of drug-likeness (QED) is 0.696. The van der Waals surface area contributed by atoms with Crippen molar-refractivity contribution in [3.8, 4) is 5.75 Å². The first-order valence-electron chi connectivity index (χ1n) is 8.75. The lowest BCUT2D eigenvalue weighted by Crippen LogP contribution is -2.36. The average Bonchev–Trinajstić information content (AvgIpc) is 3.25. The number of aromatic nitrogens is 1. The van der Waals surface area contributed by atoms with Gasteiger partial charge in [0.25, 0.3) is 5.91 Å². The number of rotatable bonds is 4. The molecular weight excluding hydrogens is 332 g/mol. The number of fused-ring (bicyclic) bond motifs is 1. The molecule has 130 valence electrons. The first-order chi connectivity index (χ1) is 12.3. The van der Waals surface area contributed by atoms with Crippen molar-refractivity contribution in [2.75, 3.05) is 20.2 Å². The van der Waals surface area contributed by atoms with Gasteiger partial charge < -0.3 is 14.2 Å². The maximum Gasteiger partial charge on any atom is 0.270 e. The van der Waals surface area contributed by atoms with Crippen molar-refractivity contribution in [1.29, 1.82) is 0 Å². The van der Waals surface area contributed by atoms with Gasteiger partial charge in [-0.15, -0.1) is 11.3 Å². The maximum atomic E-state index is 13.1. The van der Waals surface area contributed by atoms with Crippen molar-refractivity contribution >= 4 is 27.5 Å². The molecule has 4 rings (SSSR count). The lowest BCUT2D eigenvalue weighted by Gasteiger charge is -2.27. The minimum absolute atomic E-state index is 0.164. The average molecular weight is 354 g/mol. The van der Waals surface area contributed by atoms with E-state index in [0.29, 0.717) is 6.54 Å². The summed E-state index contributed by atoms with van der Waals surface area (Å²) < 4.78 is 7.40. The first kappa shape index (κ1) is 16.2. The number of methoxy groups -OCH3 is 1. The summed E-state index contributed by atoms with van der Waals surface area (Å²) in [4.78, 5) is 16.2. The van der Waals surface area contributed by atoms with E-state index in [0.717, 1.165) is 47.6 Å². The fourth-order valence-electron chi connectivity index (χ4n) is 3.48. The lowest BCUT2D eigenvalue weighted by atomic mass is 10.1. The molecular formula is C20H22N2O2S. The molecule has 3 aromatic rings. The van der Waals surface area contributed by atoms with Gasteiger partial charge in [0.15, 0.2) is 0 Å². The van der Waals surface area contributed by atoms with E-state index in [1.165, 1.54) is 12.0 Å². The predicted octanol–water partition coefficient (Wildman–Crippen LogP) is 4.39. The highest BCUT2D eigenvalue weighted by Crippen LogP contribution is 2.28. The van der Waals surface area contributed by atoms with Crippen LogP contribution in [0.3, 0.4) is 0 Å². The number of ether oxygens (including phenoxy) is 1. The molecule has 0 atom stereocenters. The third kappa shape index (κ3) is 3.16. The Morgan fingerprint density at radius 1 is 1.12 bits per heavy atom. The van der Waals surface area contributed by atoms with Gasteiger partial charge in [-0.05, 0) is 54.5 Å². The summed E-state index contributed by atoms with van der Waals surface area (Å²) in [6.45, 7) is 2.45. The molecule has 1 aliphatic rings. The summed E-state index contributed by atoms with van der Waals surface area (Å²) in [5, 5.41) is 3.24. The summed E-state index contributed by atoms with van der Waals surface area (Å²) in [6.07, 6.45) is 3.45. The smallest absolute Gasteiger partial charge is 0.270 e. The second-order valence-electron chi connectivity index (χ2n) is 6.50. The van der Waals surface area contributed by atoms with Crippen LogP contribution in [0.15, 0.2) is 41.8 Å². The topological polar surface area (TPSA) is 34.5 Å². The van der Waals surface area contributed by atoms with E-state index in [1.807, 2.05) is 23.1 Å². The standard InChI is InChI=1S/C20H22N2O2S/c1-24-17-7-5-15(6-8-17)14-22-18(13-16-9-12-25-20(16)22)19(23)21-10-3-2-4-11-21/h5-9,12-13H,2-4,10-11,14H2,1H3. The second kappa shape index (κ2) is 6.92. The summed E-state index contributed by atoms with van der Waals surface area (Å²) in [6, 6.07) is 12.2. The number of benzene rings is 1. The normalized spacial score (nSPS) is 14.8. The molecule has 1 amide bonds. The molecule has 0 saturated carbocycles. The Kier molecular flexibility index (Phi) is 4.49. The van der Waals surface area contributed by atoms with Crippen LogP contribution in [0.1, 0.15) is 35.3 Å². The second-order valence-corrected chi connectivity index (χ2v) is 7.39. The number of hydrogen-bond acceptors (Lipinski definition) is 3. The van der Waals surface area contributed by atoms with Gasteiger partial charge in [0, 0.05) is 25.0 Å². The van der Waals surface area contributed by atoms with Gasteiger partial charge in [0.05, 0.1) is 7.11 Å². The first-order valence-corrected chi connectivity index (χ1v) is 9.63. The van der Waals surface area contributed by atoms with Crippen molar-refractivity contribution in [2.24, 2.45) is 0 Å². The van der Waals surface area contributed by atoms with Crippen molar-refractivity contribution in [2.45, 2.75) is 25.8 Å². The van der Waals surface area contributed by atoms with Crippen LogP contribution >= 0.6 is 11.3 Å². The molecule has 5 heteroatoms. The lowest BCUT2D eigenvalue weighted by molar-refractivity contribution is 0.0714. The summed E-state index contributed by atoms with van der Waals surface area (Å²) in [5.74, 6) is 1.01. The molecule has 3 heterocycles. The number of amides is 1. The molecule has 0 bridgehead atoms. The van der Waals surface area contributed by atoms with Crippen molar-refractivity contribution in [3.05, 3.63) is 53.0 Å². The van der Waals surface area contributed by atoms with E-state index in [2.05, 4.69) is 28.1 Å². The van der Waals surface area contributed by atoms with E-state index < -0.39 is 0 Å². The van der Waals surface area contributed by atoms with Gasteiger partial charge >= 0.3 is 0 Å². The molecule has 1 aromatic carbocycles. The van der Waals surface area contributed by atoms with Gasteiger partial charge in [0.1, 0.15) is 16.3 Å². The number of nitrogens with zero attached hydrogens (tertiary/aromatic N) is 2. The number of hydrogen-bond donors (Lipinski definition) is 0. The molecule has 0 spiro atoms. The molecule has 2 aromatic heterocycles. The molecule has 0 radical (unpaired) electrons. The molecule has 0 aliphatic carbocycles. The Hall–Kier alpha value is -2.27. The summed E-state index contributed by atoms with van der Waals surface area (Å²) in [5.41, 5.74) is 1.97. The van der Waals surface area contributed by atoms with Crippen molar-refractivity contribution < 1.29 is 9.53 Å². The highest BCUT2D eigenvalue weighted by molar-refractivity contribution is 7.16. The van der Waals surface area contributed by atoms with Gasteiger partial charge in [0.2, 0.25) is 0 Å². The minimum atomic E-state index is 0.164. The molecule has 0 unspecified atom stereocenters. The zero-order valence-electron chi connectivity index (χ0n) is 14.4. The Bertz CT molecular complexity index is 873. The molecule has 1 aliphatic heterocycles. The summed E-state index contributed by atoms with van der Waals surface area (Å²) >= 11 is 1.69. The Balaban J connectivity index is 1.68. The van der Waals surface area contributed by atoms with Gasteiger partial charge in [-0.1, -0.05) is 12.1 Å². The van der Waals surface area contributed by atoms with Crippen LogP contribution in [0.5, 0.6) is 5.75 Å². The highest BCUT2D eigenvalue weighted by atomic mass is 32.1. The molecule has 1 saturated heterocycles. The maximum absolute atomic E-state index is 13.1. The molecule has 4 nitrogen and oxygen atoms in total. The van der Waals surface area contributed by atoms with Crippen molar-refractivity contribution in [1.82, 2.24) is 9.47 Å². The minimum Gasteiger partial charge on any atom is -0.497 e.